The Kier molecular flexibility index (Phi) is 5.43. The van der Waals surface area contributed by atoms with E-state index in [1.807, 2.05) is 0 Å². The molecular formula is C17H18N8O6. The molecule has 14 heteroatoms. The molecule has 3 heterocycles. The van der Waals surface area contributed by atoms with Crippen LogP contribution in [0.4, 0.5) is 17.5 Å². The van der Waals surface area contributed by atoms with Gasteiger partial charge in [0.05, 0.1) is 17.7 Å². The van der Waals surface area contributed by atoms with E-state index in [9.17, 15) is 25.4 Å². The van der Waals surface area contributed by atoms with Crippen LogP contribution >= 0.6 is 0 Å². The molecular weight excluding hydrogens is 412 g/mol. The van der Waals surface area contributed by atoms with Gasteiger partial charge in [-0.15, -0.1) is 0 Å². The van der Waals surface area contributed by atoms with Crippen molar-refractivity contribution in [2.24, 2.45) is 5.10 Å². The fraction of sp³-hybridized carbons (Fsp3) is 0.294. The van der Waals surface area contributed by atoms with E-state index < -0.39 is 36.1 Å². The summed E-state index contributed by atoms with van der Waals surface area (Å²) in [6.45, 7) is -0.500. The van der Waals surface area contributed by atoms with Gasteiger partial charge in [-0.1, -0.05) is 0 Å². The van der Waals surface area contributed by atoms with Crippen LogP contribution in [0.3, 0.4) is 0 Å². The van der Waals surface area contributed by atoms with Crippen molar-refractivity contribution in [1.29, 1.82) is 0 Å². The number of nitro groups is 1. The maximum absolute atomic E-state index is 10.7. The van der Waals surface area contributed by atoms with E-state index in [-0.39, 0.29) is 28.6 Å². The largest absolute Gasteiger partial charge is 0.394 e. The van der Waals surface area contributed by atoms with Crippen LogP contribution in [0.25, 0.3) is 11.2 Å². The van der Waals surface area contributed by atoms with Gasteiger partial charge in [-0.05, 0) is 17.7 Å². The Bertz CT molecular complexity index is 1130. The number of hydrazone groups is 1. The number of nitro benzene ring substituents is 1. The van der Waals surface area contributed by atoms with Gasteiger partial charge in [0.25, 0.3) is 5.69 Å². The van der Waals surface area contributed by atoms with Crippen LogP contribution in [0.2, 0.25) is 0 Å². The lowest BCUT2D eigenvalue weighted by atomic mass is 10.1. The Morgan fingerprint density at radius 1 is 1.29 bits per heavy atom. The number of nitrogens with zero attached hydrogens (tertiary/aromatic N) is 6. The van der Waals surface area contributed by atoms with Crippen LogP contribution in [0.15, 0.2) is 35.7 Å². The first kappa shape index (κ1) is 20.5. The number of hydrogen-bond acceptors (Lipinski definition) is 12. The molecule has 0 radical (unpaired) electrons. The quantitative estimate of drug-likeness (QED) is 0.189. The third-order valence-electron chi connectivity index (χ3n) is 4.76. The highest BCUT2D eigenvalue weighted by Crippen LogP contribution is 2.35. The first-order valence-corrected chi connectivity index (χ1v) is 9.05. The number of fused-ring (bicyclic) bond motifs is 1. The Labute approximate surface area is 173 Å². The predicted molar refractivity (Wildman–Crippen MR) is 107 cm³/mol. The number of nitrogen functional groups attached to an aromatic ring is 1. The summed E-state index contributed by atoms with van der Waals surface area (Å²) in [5.41, 5.74) is 9.52. The lowest BCUT2D eigenvalue weighted by Crippen LogP contribution is -2.33. The Morgan fingerprint density at radius 2 is 2.03 bits per heavy atom. The molecule has 3 aromatic rings. The van der Waals surface area contributed by atoms with E-state index in [0.29, 0.717) is 5.56 Å². The molecule has 31 heavy (non-hydrogen) atoms. The molecule has 1 aromatic carbocycles. The fourth-order valence-corrected chi connectivity index (χ4v) is 3.19. The SMILES string of the molecule is Nc1ncnc2c1nc(N/N=C\c1ccc([N+](=O)[O-])cc1)n2[C@H]1O[C@@H](CO)[C@@H](O)[C@@H]1O. The smallest absolute Gasteiger partial charge is 0.269 e. The Morgan fingerprint density at radius 3 is 2.68 bits per heavy atom. The van der Waals surface area contributed by atoms with Gasteiger partial charge in [0.2, 0.25) is 5.95 Å². The average Bonchev–Trinajstić information content (AvgIpc) is 3.26. The zero-order valence-corrected chi connectivity index (χ0v) is 15.8. The molecule has 162 valence electrons. The summed E-state index contributed by atoms with van der Waals surface area (Å²) in [4.78, 5) is 22.5. The monoisotopic (exact) mass is 430 g/mol. The normalized spacial score (nSPS) is 23.6. The predicted octanol–water partition coefficient (Wildman–Crippen LogP) is -0.626. The molecule has 4 atom stereocenters. The molecule has 6 N–H and O–H groups in total. The first-order chi connectivity index (χ1) is 14.9. The number of nitrogens with two attached hydrogens (primary N) is 1. The molecule has 0 bridgehead atoms. The van der Waals surface area contributed by atoms with E-state index in [0.717, 1.165) is 0 Å². The second kappa shape index (κ2) is 8.19. The van der Waals surface area contributed by atoms with Crippen LogP contribution < -0.4 is 11.2 Å². The number of hydrogen-bond donors (Lipinski definition) is 5. The maximum Gasteiger partial charge on any atom is 0.269 e. The van der Waals surface area contributed by atoms with Gasteiger partial charge in [-0.3, -0.25) is 14.7 Å². The number of nitrogens with one attached hydrogen (secondary N) is 1. The van der Waals surface area contributed by atoms with Gasteiger partial charge in [-0.25, -0.2) is 20.4 Å². The molecule has 1 fully saturated rings. The Hall–Kier alpha value is -3.72. The average molecular weight is 430 g/mol. The minimum Gasteiger partial charge on any atom is -0.394 e. The number of anilines is 2. The summed E-state index contributed by atoms with van der Waals surface area (Å²) < 4.78 is 6.94. The lowest BCUT2D eigenvalue weighted by molar-refractivity contribution is -0.384. The van der Waals surface area contributed by atoms with Crippen molar-refractivity contribution < 1.29 is 25.0 Å². The Balaban J connectivity index is 1.66. The summed E-state index contributed by atoms with van der Waals surface area (Å²) in [6, 6.07) is 5.71. The van der Waals surface area contributed by atoms with Crippen molar-refractivity contribution >= 4 is 34.8 Å². The van der Waals surface area contributed by atoms with Crippen LogP contribution in [0, 0.1) is 10.1 Å². The van der Waals surface area contributed by atoms with E-state index in [1.54, 1.807) is 0 Å². The molecule has 0 aliphatic carbocycles. The number of aliphatic hydroxyl groups excluding tert-OH is 3. The van der Waals surface area contributed by atoms with Crippen LogP contribution in [-0.2, 0) is 4.74 Å². The fourth-order valence-electron chi connectivity index (χ4n) is 3.19. The van der Waals surface area contributed by atoms with Crippen molar-refractivity contribution in [2.45, 2.75) is 24.5 Å². The third-order valence-corrected chi connectivity index (χ3v) is 4.76. The van der Waals surface area contributed by atoms with Crippen molar-refractivity contribution in [1.82, 2.24) is 19.5 Å². The van der Waals surface area contributed by atoms with Crippen LogP contribution in [0.1, 0.15) is 11.8 Å². The number of rotatable bonds is 6. The number of imidazole rings is 1. The van der Waals surface area contributed by atoms with Crippen molar-refractivity contribution in [3.63, 3.8) is 0 Å². The van der Waals surface area contributed by atoms with Crippen molar-refractivity contribution in [2.75, 3.05) is 17.8 Å². The first-order valence-electron chi connectivity index (χ1n) is 9.05. The molecule has 0 spiro atoms. The second-order valence-electron chi connectivity index (χ2n) is 6.68. The number of aliphatic hydroxyl groups is 3. The van der Waals surface area contributed by atoms with E-state index in [4.69, 9.17) is 10.5 Å². The molecule has 1 aliphatic rings. The summed E-state index contributed by atoms with van der Waals surface area (Å²) in [6.07, 6.45) is -2.24. The molecule has 14 nitrogen and oxygen atoms in total. The second-order valence-corrected chi connectivity index (χ2v) is 6.68. The molecule has 1 aliphatic heterocycles. The van der Waals surface area contributed by atoms with Gasteiger partial charge in [0.15, 0.2) is 23.2 Å². The topological polar surface area (TPSA) is 207 Å². The standard InChI is InChI=1S/C17H18N8O6/c18-14-11-15(20-7-19-14)24(16-13(28)12(27)10(6-26)31-16)17(22-11)23-21-5-8-1-3-9(4-2-8)25(29)30/h1-5,7,10,12-13,16,26-28H,6H2,(H,22,23)(H2,18,19,20)/b21-5-/t10-,12+,13-,16-/m0/s1. The summed E-state index contributed by atoms with van der Waals surface area (Å²) >= 11 is 0. The van der Waals surface area contributed by atoms with Crippen molar-refractivity contribution in [3.05, 3.63) is 46.3 Å². The van der Waals surface area contributed by atoms with Crippen LogP contribution in [-0.4, -0.2) is 70.9 Å². The summed E-state index contributed by atoms with van der Waals surface area (Å²) in [7, 11) is 0. The van der Waals surface area contributed by atoms with Gasteiger partial charge < -0.3 is 25.8 Å². The zero-order valence-electron chi connectivity index (χ0n) is 15.8. The highest BCUT2D eigenvalue weighted by Gasteiger charge is 2.45. The van der Waals surface area contributed by atoms with Crippen molar-refractivity contribution in [3.8, 4) is 0 Å². The molecule has 1 saturated heterocycles. The van der Waals surface area contributed by atoms with Gasteiger partial charge in [-0.2, -0.15) is 5.10 Å². The van der Waals surface area contributed by atoms with Gasteiger partial charge in [0, 0.05) is 12.1 Å². The highest BCUT2D eigenvalue weighted by atomic mass is 16.6. The van der Waals surface area contributed by atoms with Gasteiger partial charge in [0.1, 0.15) is 24.6 Å². The molecule has 2 aromatic heterocycles. The summed E-state index contributed by atoms with van der Waals surface area (Å²) in [5.74, 6) is 0.160. The van der Waals surface area contributed by atoms with E-state index in [2.05, 4.69) is 25.5 Å². The maximum atomic E-state index is 10.7. The summed E-state index contributed by atoms with van der Waals surface area (Å²) in [5, 5.41) is 44.7. The molecule has 4 rings (SSSR count). The number of benzene rings is 1. The van der Waals surface area contributed by atoms with E-state index in [1.165, 1.54) is 41.4 Å². The van der Waals surface area contributed by atoms with Gasteiger partial charge >= 0.3 is 0 Å². The molecule has 0 unspecified atom stereocenters. The number of non-ortho nitro benzene ring substituents is 1. The molecule has 0 amide bonds. The lowest BCUT2D eigenvalue weighted by Gasteiger charge is -2.18. The van der Waals surface area contributed by atoms with E-state index >= 15 is 0 Å². The minimum atomic E-state index is -1.38. The number of aromatic nitrogens is 4. The molecule has 0 saturated carbocycles. The zero-order chi connectivity index (χ0) is 22.1. The minimum absolute atomic E-state index is 0.0506. The number of ether oxygens (including phenoxy) is 1. The van der Waals surface area contributed by atoms with Crippen LogP contribution in [0.5, 0.6) is 0 Å². The highest BCUT2D eigenvalue weighted by molar-refractivity contribution is 5.84. The third kappa shape index (κ3) is 3.75.